The maximum absolute atomic E-state index is 12.6. The zero-order valence-corrected chi connectivity index (χ0v) is 15.0. The summed E-state index contributed by atoms with van der Waals surface area (Å²) in [5, 5.41) is 2.97. The van der Waals surface area contributed by atoms with Gasteiger partial charge in [0.1, 0.15) is 5.60 Å². The van der Waals surface area contributed by atoms with Crippen molar-refractivity contribution in [1.29, 1.82) is 0 Å². The highest BCUT2D eigenvalue weighted by atomic mass is 16.6. The van der Waals surface area contributed by atoms with Gasteiger partial charge in [-0.2, -0.15) is 0 Å². The minimum Gasteiger partial charge on any atom is -0.443 e. The molecule has 0 atom stereocenters. The van der Waals surface area contributed by atoms with E-state index in [9.17, 15) is 4.79 Å². The van der Waals surface area contributed by atoms with Crippen molar-refractivity contribution >= 4 is 11.8 Å². The quantitative estimate of drug-likeness (QED) is 0.754. The molecule has 3 nitrogen and oxygen atoms in total. The maximum atomic E-state index is 12.6. The van der Waals surface area contributed by atoms with Gasteiger partial charge in [0, 0.05) is 5.69 Å². The van der Waals surface area contributed by atoms with E-state index in [1.807, 2.05) is 36.4 Å². The lowest BCUT2D eigenvalue weighted by atomic mass is 9.54. The van der Waals surface area contributed by atoms with E-state index in [-0.39, 0.29) is 11.7 Å². The Labute approximate surface area is 154 Å². The average molecular weight is 347 g/mol. The third kappa shape index (κ3) is 3.00. The van der Waals surface area contributed by atoms with Gasteiger partial charge in [-0.1, -0.05) is 42.5 Å². The first-order valence-corrected chi connectivity index (χ1v) is 9.83. The molecular weight excluding hydrogens is 322 g/mol. The van der Waals surface area contributed by atoms with Crippen molar-refractivity contribution in [3.8, 4) is 11.1 Å². The highest BCUT2D eigenvalue weighted by Crippen LogP contribution is 2.57. The smallest absolute Gasteiger partial charge is 0.412 e. The number of carbonyl (C=O) groups is 1. The third-order valence-electron chi connectivity index (χ3n) is 6.51. The Morgan fingerprint density at radius 2 is 1.46 bits per heavy atom. The van der Waals surface area contributed by atoms with Crippen LogP contribution in [0.25, 0.3) is 11.1 Å². The van der Waals surface area contributed by atoms with E-state index in [4.69, 9.17) is 4.74 Å². The Hall–Kier alpha value is -2.29. The van der Waals surface area contributed by atoms with Crippen molar-refractivity contribution in [3.05, 3.63) is 54.6 Å². The standard InChI is InChI=1S/C23H25NO2/c25-22(26-23-13-16-9-17(14-23)11-18(10-16)15-23)24-21-8-4-7-20(12-21)19-5-2-1-3-6-19/h1-8,12,16-18H,9-11,13-15H2,(H,24,25). The zero-order chi connectivity index (χ0) is 17.6. The van der Waals surface area contributed by atoms with Gasteiger partial charge in [-0.25, -0.2) is 4.79 Å². The van der Waals surface area contributed by atoms with Crippen molar-refractivity contribution in [2.45, 2.75) is 44.1 Å². The van der Waals surface area contributed by atoms with Crippen molar-refractivity contribution in [3.63, 3.8) is 0 Å². The molecule has 26 heavy (non-hydrogen) atoms. The number of nitrogens with one attached hydrogen (secondary N) is 1. The van der Waals surface area contributed by atoms with Gasteiger partial charge < -0.3 is 4.74 Å². The topological polar surface area (TPSA) is 38.3 Å². The number of amides is 1. The minimum atomic E-state index is -0.294. The van der Waals surface area contributed by atoms with Crippen LogP contribution in [0.2, 0.25) is 0 Å². The highest BCUT2D eigenvalue weighted by Gasteiger charge is 2.53. The first-order valence-electron chi connectivity index (χ1n) is 9.83. The normalized spacial score (nSPS) is 31.6. The van der Waals surface area contributed by atoms with Gasteiger partial charge in [-0.3, -0.25) is 5.32 Å². The molecular formula is C23H25NO2. The summed E-state index contributed by atoms with van der Waals surface area (Å²) in [7, 11) is 0. The Kier molecular flexibility index (Phi) is 3.77. The predicted octanol–water partition coefficient (Wildman–Crippen LogP) is 5.87. The van der Waals surface area contributed by atoms with Crippen LogP contribution in [0.4, 0.5) is 10.5 Å². The fourth-order valence-electron chi connectivity index (χ4n) is 5.90. The van der Waals surface area contributed by atoms with Gasteiger partial charge in [0.15, 0.2) is 0 Å². The van der Waals surface area contributed by atoms with E-state index in [1.54, 1.807) is 0 Å². The first-order chi connectivity index (χ1) is 12.7. The number of hydrogen-bond donors (Lipinski definition) is 1. The Morgan fingerprint density at radius 3 is 2.12 bits per heavy atom. The Morgan fingerprint density at radius 1 is 0.846 bits per heavy atom. The molecule has 0 aliphatic heterocycles. The summed E-state index contributed by atoms with van der Waals surface area (Å²) in [6, 6.07) is 18.2. The molecule has 4 bridgehead atoms. The van der Waals surface area contributed by atoms with Crippen LogP contribution in [0, 0.1) is 17.8 Å². The number of benzene rings is 2. The zero-order valence-electron chi connectivity index (χ0n) is 15.0. The molecule has 0 unspecified atom stereocenters. The van der Waals surface area contributed by atoms with Gasteiger partial charge >= 0.3 is 6.09 Å². The monoisotopic (exact) mass is 347 g/mol. The molecule has 0 saturated heterocycles. The molecule has 0 aromatic heterocycles. The summed E-state index contributed by atoms with van der Waals surface area (Å²) < 4.78 is 6.05. The summed E-state index contributed by atoms with van der Waals surface area (Å²) in [5.41, 5.74) is 2.83. The summed E-state index contributed by atoms with van der Waals surface area (Å²) in [5.74, 6) is 2.32. The van der Waals surface area contributed by atoms with Crippen molar-refractivity contribution < 1.29 is 9.53 Å². The molecule has 4 fully saturated rings. The van der Waals surface area contributed by atoms with Gasteiger partial charge in [0.05, 0.1) is 0 Å². The largest absolute Gasteiger partial charge is 0.443 e. The fraction of sp³-hybridized carbons (Fsp3) is 0.435. The molecule has 2 aromatic carbocycles. The van der Waals surface area contributed by atoms with Crippen LogP contribution in [-0.2, 0) is 4.74 Å². The first kappa shape index (κ1) is 15.9. The lowest BCUT2D eigenvalue weighted by molar-refractivity contribution is -0.124. The molecule has 0 spiro atoms. The predicted molar refractivity (Wildman–Crippen MR) is 103 cm³/mol. The summed E-state index contributed by atoms with van der Waals surface area (Å²) >= 11 is 0. The van der Waals surface area contributed by atoms with Crippen LogP contribution >= 0.6 is 0 Å². The van der Waals surface area contributed by atoms with Crippen LogP contribution in [0.3, 0.4) is 0 Å². The van der Waals surface area contributed by atoms with Crippen molar-refractivity contribution in [1.82, 2.24) is 0 Å². The molecule has 2 aromatic rings. The number of hydrogen-bond acceptors (Lipinski definition) is 2. The summed E-state index contributed by atoms with van der Waals surface area (Å²) in [6.07, 6.45) is 6.96. The number of anilines is 1. The van der Waals surface area contributed by atoms with Crippen molar-refractivity contribution in [2.75, 3.05) is 5.32 Å². The Balaban J connectivity index is 1.29. The van der Waals surface area contributed by atoms with Gasteiger partial charge in [0.25, 0.3) is 0 Å². The molecule has 0 heterocycles. The lowest BCUT2D eigenvalue weighted by Crippen LogP contribution is -2.53. The van der Waals surface area contributed by atoms with E-state index in [0.717, 1.165) is 53.8 Å². The van der Waals surface area contributed by atoms with E-state index >= 15 is 0 Å². The van der Waals surface area contributed by atoms with Gasteiger partial charge in [0.2, 0.25) is 0 Å². The molecule has 6 rings (SSSR count). The molecule has 3 heteroatoms. The highest BCUT2D eigenvalue weighted by molar-refractivity contribution is 5.86. The van der Waals surface area contributed by atoms with E-state index < -0.39 is 0 Å². The SMILES string of the molecule is O=C(Nc1cccc(-c2ccccc2)c1)OC12CC3CC(CC(C3)C1)C2. The molecule has 4 aliphatic carbocycles. The lowest BCUT2D eigenvalue weighted by Gasteiger charge is -2.55. The average Bonchev–Trinajstić information content (AvgIpc) is 2.61. The number of carbonyl (C=O) groups excluding carboxylic acids is 1. The molecule has 1 N–H and O–H groups in total. The van der Waals surface area contributed by atoms with Crippen LogP contribution < -0.4 is 5.32 Å². The van der Waals surface area contributed by atoms with Crippen molar-refractivity contribution in [2.24, 2.45) is 17.8 Å². The van der Waals surface area contributed by atoms with Crippen LogP contribution in [0.5, 0.6) is 0 Å². The molecule has 1 amide bonds. The van der Waals surface area contributed by atoms with Crippen LogP contribution in [-0.4, -0.2) is 11.7 Å². The van der Waals surface area contributed by atoms with Crippen LogP contribution in [0.15, 0.2) is 54.6 Å². The van der Waals surface area contributed by atoms with E-state index in [1.165, 1.54) is 19.3 Å². The minimum absolute atomic E-state index is 0.199. The molecule has 4 saturated carbocycles. The summed E-state index contributed by atoms with van der Waals surface area (Å²) in [6.45, 7) is 0. The van der Waals surface area contributed by atoms with E-state index in [0.29, 0.717) is 0 Å². The maximum Gasteiger partial charge on any atom is 0.412 e. The number of rotatable bonds is 3. The van der Waals surface area contributed by atoms with Gasteiger partial charge in [-0.15, -0.1) is 0 Å². The van der Waals surface area contributed by atoms with E-state index in [2.05, 4.69) is 23.5 Å². The Bertz CT molecular complexity index is 779. The molecule has 134 valence electrons. The number of ether oxygens (including phenoxy) is 1. The molecule has 0 radical (unpaired) electrons. The fourth-order valence-corrected chi connectivity index (χ4v) is 5.90. The second-order valence-corrected chi connectivity index (χ2v) is 8.56. The second-order valence-electron chi connectivity index (χ2n) is 8.56. The second kappa shape index (κ2) is 6.15. The van der Waals surface area contributed by atoms with Crippen LogP contribution in [0.1, 0.15) is 38.5 Å². The molecule has 4 aliphatic rings. The summed E-state index contributed by atoms with van der Waals surface area (Å²) in [4.78, 5) is 12.6. The van der Waals surface area contributed by atoms with Gasteiger partial charge in [-0.05, 0) is 79.5 Å². The third-order valence-corrected chi connectivity index (χ3v) is 6.51.